The number of para-hydroxylation sites is 2. The van der Waals surface area contributed by atoms with Crippen LogP contribution in [0.5, 0.6) is 11.5 Å². The van der Waals surface area contributed by atoms with Crippen LogP contribution in [0, 0.1) is 6.92 Å². The SMILES string of the molecule is COc1ccccc1-n1cc(C)n2ncc(C(=O)N3CCC(Oc4ccc(Cl)cc4)CC3)c2c1=O. The molecule has 0 N–H and O–H groups in total. The summed E-state index contributed by atoms with van der Waals surface area (Å²) in [7, 11) is 1.56. The van der Waals surface area contributed by atoms with Crippen molar-refractivity contribution in [2.75, 3.05) is 20.2 Å². The summed E-state index contributed by atoms with van der Waals surface area (Å²) in [5, 5.41) is 5.00. The van der Waals surface area contributed by atoms with E-state index >= 15 is 0 Å². The van der Waals surface area contributed by atoms with Crippen LogP contribution in [0.25, 0.3) is 11.2 Å². The van der Waals surface area contributed by atoms with Crippen molar-refractivity contribution in [2.24, 2.45) is 0 Å². The molecule has 0 atom stereocenters. The van der Waals surface area contributed by atoms with Crippen molar-refractivity contribution in [3.05, 3.63) is 87.6 Å². The number of piperidine rings is 1. The molecule has 0 radical (unpaired) electrons. The second kappa shape index (κ2) is 9.46. The molecule has 5 rings (SSSR count). The van der Waals surface area contributed by atoms with Gasteiger partial charge in [-0.3, -0.25) is 14.2 Å². The maximum atomic E-state index is 13.5. The molecule has 0 saturated carbocycles. The standard InChI is InChI=1S/C26H25ClN4O4/c1-17-16-30(22-5-3-4-6-23(22)34-2)26(33)24-21(15-28-31(17)24)25(32)29-13-11-20(12-14-29)35-19-9-7-18(27)8-10-19/h3-10,15-16,20H,11-14H2,1-2H3. The van der Waals surface area contributed by atoms with Gasteiger partial charge in [0.2, 0.25) is 0 Å². The number of hydrogen-bond acceptors (Lipinski definition) is 5. The predicted molar refractivity (Wildman–Crippen MR) is 133 cm³/mol. The highest BCUT2D eigenvalue weighted by Crippen LogP contribution is 2.24. The van der Waals surface area contributed by atoms with Gasteiger partial charge in [-0.05, 0) is 43.3 Å². The quantitative estimate of drug-likeness (QED) is 0.418. The Morgan fingerprint density at radius 1 is 1.09 bits per heavy atom. The van der Waals surface area contributed by atoms with Crippen molar-refractivity contribution < 1.29 is 14.3 Å². The Morgan fingerprint density at radius 2 is 1.80 bits per heavy atom. The highest BCUT2D eigenvalue weighted by molar-refractivity contribution is 6.30. The molecule has 3 heterocycles. The summed E-state index contributed by atoms with van der Waals surface area (Å²) in [6, 6.07) is 14.5. The number of amides is 1. The fourth-order valence-electron chi connectivity index (χ4n) is 4.45. The highest BCUT2D eigenvalue weighted by atomic mass is 35.5. The Labute approximate surface area is 207 Å². The molecule has 0 unspecified atom stereocenters. The lowest BCUT2D eigenvalue weighted by Gasteiger charge is -2.32. The lowest BCUT2D eigenvalue weighted by molar-refractivity contribution is 0.0597. The number of benzene rings is 2. The van der Waals surface area contributed by atoms with Crippen molar-refractivity contribution in [3.63, 3.8) is 0 Å². The molecule has 2 aromatic carbocycles. The van der Waals surface area contributed by atoms with Crippen LogP contribution < -0.4 is 15.0 Å². The number of rotatable bonds is 5. The van der Waals surface area contributed by atoms with Gasteiger partial charge in [0, 0.05) is 37.2 Å². The molecule has 2 aromatic heterocycles. The number of nitrogens with zero attached hydrogens (tertiary/aromatic N) is 4. The van der Waals surface area contributed by atoms with Gasteiger partial charge in [0.1, 0.15) is 23.1 Å². The average Bonchev–Trinajstić information content (AvgIpc) is 3.34. The summed E-state index contributed by atoms with van der Waals surface area (Å²) < 4.78 is 14.5. The number of carbonyl (C=O) groups is 1. The van der Waals surface area contributed by atoms with Crippen LogP contribution in [0.2, 0.25) is 5.02 Å². The van der Waals surface area contributed by atoms with E-state index in [0.717, 1.165) is 11.4 Å². The largest absolute Gasteiger partial charge is 0.495 e. The molecule has 9 heteroatoms. The number of aromatic nitrogens is 3. The molecule has 1 fully saturated rings. The van der Waals surface area contributed by atoms with Crippen molar-refractivity contribution >= 4 is 23.0 Å². The minimum atomic E-state index is -0.332. The molecule has 0 bridgehead atoms. The van der Waals surface area contributed by atoms with Crippen molar-refractivity contribution in [1.29, 1.82) is 0 Å². The summed E-state index contributed by atoms with van der Waals surface area (Å²) >= 11 is 5.94. The Balaban J connectivity index is 1.40. The van der Waals surface area contributed by atoms with Gasteiger partial charge in [0.15, 0.2) is 0 Å². The van der Waals surface area contributed by atoms with Gasteiger partial charge in [0.25, 0.3) is 11.5 Å². The molecule has 1 aliphatic rings. The molecule has 0 aliphatic carbocycles. The third-order valence-electron chi connectivity index (χ3n) is 6.26. The molecular formula is C26H25ClN4O4. The molecule has 1 aliphatic heterocycles. The van der Waals surface area contributed by atoms with E-state index in [2.05, 4.69) is 5.10 Å². The van der Waals surface area contributed by atoms with Crippen LogP contribution in [-0.4, -0.2) is 51.3 Å². The highest BCUT2D eigenvalue weighted by Gasteiger charge is 2.28. The van der Waals surface area contributed by atoms with E-state index in [-0.39, 0.29) is 23.1 Å². The molecule has 180 valence electrons. The lowest BCUT2D eigenvalue weighted by Crippen LogP contribution is -2.42. The number of halogens is 1. The van der Waals surface area contributed by atoms with E-state index in [1.165, 1.54) is 15.3 Å². The molecule has 1 amide bonds. The van der Waals surface area contributed by atoms with Gasteiger partial charge in [0.05, 0.1) is 30.3 Å². The fourth-order valence-corrected chi connectivity index (χ4v) is 4.58. The number of ether oxygens (including phenoxy) is 2. The molecule has 0 spiro atoms. The Morgan fingerprint density at radius 3 is 2.51 bits per heavy atom. The number of hydrogen-bond donors (Lipinski definition) is 0. The van der Waals surface area contributed by atoms with Crippen LogP contribution in [-0.2, 0) is 0 Å². The number of aryl methyl sites for hydroxylation is 1. The van der Waals surface area contributed by atoms with Gasteiger partial charge in [-0.25, -0.2) is 4.52 Å². The van der Waals surface area contributed by atoms with Gasteiger partial charge < -0.3 is 14.4 Å². The van der Waals surface area contributed by atoms with E-state index < -0.39 is 0 Å². The molecular weight excluding hydrogens is 468 g/mol. The first-order chi connectivity index (χ1) is 17.0. The van der Waals surface area contributed by atoms with Crippen molar-refractivity contribution in [3.8, 4) is 17.2 Å². The Hall–Kier alpha value is -3.78. The van der Waals surface area contributed by atoms with Gasteiger partial charge in [-0.15, -0.1) is 0 Å². The van der Waals surface area contributed by atoms with E-state index in [4.69, 9.17) is 21.1 Å². The maximum Gasteiger partial charge on any atom is 0.282 e. The lowest BCUT2D eigenvalue weighted by atomic mass is 10.1. The Bertz CT molecular complexity index is 1440. The summed E-state index contributed by atoms with van der Waals surface area (Å²) in [5.41, 5.74) is 1.53. The van der Waals surface area contributed by atoms with Crippen LogP contribution in [0.1, 0.15) is 28.9 Å². The number of fused-ring (bicyclic) bond motifs is 1. The van der Waals surface area contributed by atoms with Crippen molar-refractivity contribution in [1.82, 2.24) is 19.1 Å². The van der Waals surface area contributed by atoms with Gasteiger partial charge >= 0.3 is 0 Å². The molecule has 1 saturated heterocycles. The molecule has 35 heavy (non-hydrogen) atoms. The van der Waals surface area contributed by atoms with Crippen molar-refractivity contribution in [2.45, 2.75) is 25.9 Å². The number of carbonyl (C=O) groups excluding carboxylic acids is 1. The average molecular weight is 493 g/mol. The normalized spacial score (nSPS) is 14.3. The maximum absolute atomic E-state index is 13.5. The number of methoxy groups -OCH3 is 1. The second-order valence-corrected chi connectivity index (χ2v) is 8.94. The molecule has 8 nitrogen and oxygen atoms in total. The smallest absolute Gasteiger partial charge is 0.282 e. The van der Waals surface area contributed by atoms with Crippen LogP contribution in [0.4, 0.5) is 0 Å². The second-order valence-electron chi connectivity index (χ2n) is 8.50. The van der Waals surface area contributed by atoms with E-state index in [9.17, 15) is 9.59 Å². The fraction of sp³-hybridized carbons (Fsp3) is 0.269. The van der Waals surface area contributed by atoms with E-state index in [0.29, 0.717) is 48.0 Å². The summed E-state index contributed by atoms with van der Waals surface area (Å²) in [4.78, 5) is 28.8. The third-order valence-corrected chi connectivity index (χ3v) is 6.51. The van der Waals surface area contributed by atoms with Gasteiger partial charge in [-0.1, -0.05) is 23.7 Å². The minimum Gasteiger partial charge on any atom is -0.495 e. The van der Waals surface area contributed by atoms with E-state index in [1.807, 2.05) is 31.2 Å². The minimum absolute atomic E-state index is 0.00847. The summed E-state index contributed by atoms with van der Waals surface area (Å²) in [6.07, 6.45) is 4.58. The summed E-state index contributed by atoms with van der Waals surface area (Å²) in [5.74, 6) is 1.11. The monoisotopic (exact) mass is 492 g/mol. The van der Waals surface area contributed by atoms with Crippen LogP contribution in [0.15, 0.2) is 65.7 Å². The zero-order chi connectivity index (χ0) is 24.5. The summed E-state index contributed by atoms with van der Waals surface area (Å²) in [6.45, 7) is 2.90. The predicted octanol–water partition coefficient (Wildman–Crippen LogP) is 4.14. The van der Waals surface area contributed by atoms with Gasteiger partial charge in [-0.2, -0.15) is 5.10 Å². The first kappa shape index (κ1) is 23.0. The first-order valence-electron chi connectivity index (χ1n) is 11.4. The van der Waals surface area contributed by atoms with Crippen LogP contribution in [0.3, 0.4) is 0 Å². The Kier molecular flexibility index (Phi) is 6.21. The van der Waals surface area contributed by atoms with Crippen LogP contribution >= 0.6 is 11.6 Å². The molecule has 4 aromatic rings. The third kappa shape index (κ3) is 4.37. The topological polar surface area (TPSA) is 78.1 Å². The zero-order valence-electron chi connectivity index (χ0n) is 19.5. The number of likely N-dealkylation sites (tertiary alicyclic amines) is 1. The van der Waals surface area contributed by atoms with E-state index in [1.54, 1.807) is 42.5 Å². The zero-order valence-corrected chi connectivity index (χ0v) is 20.2. The first-order valence-corrected chi connectivity index (χ1v) is 11.8.